The van der Waals surface area contributed by atoms with Gasteiger partial charge in [-0.2, -0.15) is 0 Å². The van der Waals surface area contributed by atoms with Crippen molar-refractivity contribution >= 4 is 23.4 Å². The van der Waals surface area contributed by atoms with Crippen molar-refractivity contribution in [3.05, 3.63) is 70.2 Å². The van der Waals surface area contributed by atoms with Crippen molar-refractivity contribution in [1.82, 2.24) is 15.1 Å². The zero-order valence-corrected chi connectivity index (χ0v) is 17.9. The molecule has 0 bridgehead atoms. The SMILES string of the molecule is O=C(NC1CCN(Cc2ccc(Cl)cc2)CC1)c1ccc(CN2CCCC2=O)cc1. The van der Waals surface area contributed by atoms with Crippen molar-refractivity contribution in [2.24, 2.45) is 0 Å². The average Bonchev–Trinajstić information content (AvgIpc) is 3.16. The van der Waals surface area contributed by atoms with Crippen molar-refractivity contribution in [1.29, 1.82) is 0 Å². The zero-order valence-electron chi connectivity index (χ0n) is 17.1. The normalized spacial score (nSPS) is 18.0. The molecule has 2 aliphatic heterocycles. The minimum absolute atomic E-state index is 0.0186. The van der Waals surface area contributed by atoms with E-state index >= 15 is 0 Å². The Morgan fingerprint density at radius 2 is 1.57 bits per heavy atom. The summed E-state index contributed by atoms with van der Waals surface area (Å²) in [5.74, 6) is 0.203. The van der Waals surface area contributed by atoms with Crippen LogP contribution >= 0.6 is 11.6 Å². The van der Waals surface area contributed by atoms with Crippen molar-refractivity contribution < 1.29 is 9.59 Å². The van der Waals surface area contributed by atoms with Gasteiger partial charge in [0.05, 0.1) is 0 Å². The van der Waals surface area contributed by atoms with Crippen LogP contribution in [0.2, 0.25) is 5.02 Å². The Balaban J connectivity index is 1.23. The molecule has 2 saturated heterocycles. The Kier molecular flexibility index (Phi) is 6.70. The van der Waals surface area contributed by atoms with Crippen LogP contribution in [0.5, 0.6) is 0 Å². The smallest absolute Gasteiger partial charge is 0.251 e. The van der Waals surface area contributed by atoms with Crippen LogP contribution in [0.4, 0.5) is 0 Å². The van der Waals surface area contributed by atoms with Gasteiger partial charge in [0.15, 0.2) is 0 Å². The summed E-state index contributed by atoms with van der Waals surface area (Å²) in [7, 11) is 0. The van der Waals surface area contributed by atoms with Crippen LogP contribution in [0.15, 0.2) is 48.5 Å². The molecule has 0 atom stereocenters. The summed E-state index contributed by atoms with van der Waals surface area (Å²) in [4.78, 5) is 28.7. The highest BCUT2D eigenvalue weighted by molar-refractivity contribution is 6.30. The summed E-state index contributed by atoms with van der Waals surface area (Å²) in [6.45, 7) is 4.32. The van der Waals surface area contributed by atoms with Crippen LogP contribution in [0, 0.1) is 0 Å². The molecule has 2 fully saturated rings. The predicted molar refractivity (Wildman–Crippen MR) is 118 cm³/mol. The fraction of sp³-hybridized carbons (Fsp3) is 0.417. The van der Waals surface area contributed by atoms with E-state index in [1.54, 1.807) is 0 Å². The number of halogens is 1. The number of piperidine rings is 1. The molecule has 0 unspecified atom stereocenters. The number of hydrogen-bond acceptors (Lipinski definition) is 3. The van der Waals surface area contributed by atoms with E-state index in [1.165, 1.54) is 5.56 Å². The first kappa shape index (κ1) is 20.9. The Hall–Kier alpha value is -2.37. The highest BCUT2D eigenvalue weighted by atomic mass is 35.5. The summed E-state index contributed by atoms with van der Waals surface area (Å²) in [6, 6.07) is 15.8. The predicted octanol–water partition coefficient (Wildman–Crippen LogP) is 3.86. The van der Waals surface area contributed by atoms with Gasteiger partial charge < -0.3 is 10.2 Å². The zero-order chi connectivity index (χ0) is 20.9. The molecular formula is C24H28ClN3O2. The third kappa shape index (κ3) is 5.41. The van der Waals surface area contributed by atoms with Gasteiger partial charge >= 0.3 is 0 Å². The molecule has 2 heterocycles. The molecule has 4 rings (SSSR count). The van der Waals surface area contributed by atoms with Gasteiger partial charge in [-0.1, -0.05) is 35.9 Å². The van der Waals surface area contributed by atoms with Gasteiger partial charge in [-0.25, -0.2) is 0 Å². The first-order valence-corrected chi connectivity index (χ1v) is 11.1. The molecule has 2 aromatic carbocycles. The Bertz CT molecular complexity index is 874. The van der Waals surface area contributed by atoms with Gasteiger partial charge in [-0.3, -0.25) is 14.5 Å². The molecular weight excluding hydrogens is 398 g/mol. The fourth-order valence-corrected chi connectivity index (χ4v) is 4.33. The first-order chi connectivity index (χ1) is 14.6. The van der Waals surface area contributed by atoms with Crippen LogP contribution in [-0.2, 0) is 17.9 Å². The largest absolute Gasteiger partial charge is 0.349 e. The molecule has 0 saturated carbocycles. The van der Waals surface area contributed by atoms with Gasteiger partial charge in [0.25, 0.3) is 5.91 Å². The van der Waals surface area contributed by atoms with Gasteiger partial charge in [0.1, 0.15) is 0 Å². The van der Waals surface area contributed by atoms with E-state index in [2.05, 4.69) is 22.3 Å². The first-order valence-electron chi connectivity index (χ1n) is 10.7. The number of amides is 2. The molecule has 0 spiro atoms. The summed E-state index contributed by atoms with van der Waals surface area (Å²) in [5.41, 5.74) is 3.00. The van der Waals surface area contributed by atoms with E-state index in [1.807, 2.05) is 41.3 Å². The number of rotatable bonds is 6. The molecule has 0 aliphatic carbocycles. The van der Waals surface area contributed by atoms with Crippen molar-refractivity contribution in [3.8, 4) is 0 Å². The van der Waals surface area contributed by atoms with Crippen LogP contribution in [0.1, 0.15) is 47.2 Å². The van der Waals surface area contributed by atoms with Gasteiger partial charge in [-0.15, -0.1) is 0 Å². The Morgan fingerprint density at radius 3 is 2.20 bits per heavy atom. The van der Waals surface area contributed by atoms with Crippen LogP contribution in [0.3, 0.4) is 0 Å². The second-order valence-electron chi connectivity index (χ2n) is 8.27. The molecule has 30 heavy (non-hydrogen) atoms. The molecule has 6 heteroatoms. The van der Waals surface area contributed by atoms with Crippen LogP contribution in [-0.4, -0.2) is 47.3 Å². The molecule has 5 nitrogen and oxygen atoms in total. The van der Waals surface area contributed by atoms with Gasteiger partial charge in [0.2, 0.25) is 5.91 Å². The highest BCUT2D eigenvalue weighted by Gasteiger charge is 2.22. The lowest BCUT2D eigenvalue weighted by molar-refractivity contribution is -0.128. The maximum Gasteiger partial charge on any atom is 0.251 e. The molecule has 0 radical (unpaired) electrons. The number of likely N-dealkylation sites (tertiary alicyclic amines) is 2. The van der Waals surface area contributed by atoms with Gasteiger partial charge in [-0.05, 0) is 54.7 Å². The summed E-state index contributed by atoms with van der Waals surface area (Å²) >= 11 is 5.96. The summed E-state index contributed by atoms with van der Waals surface area (Å²) < 4.78 is 0. The van der Waals surface area contributed by atoms with E-state index in [0.29, 0.717) is 18.5 Å². The molecule has 2 aliphatic rings. The van der Waals surface area contributed by atoms with Crippen LogP contribution in [0.25, 0.3) is 0 Å². The number of carbonyl (C=O) groups is 2. The van der Waals surface area contributed by atoms with E-state index in [4.69, 9.17) is 11.6 Å². The number of benzene rings is 2. The molecule has 2 amide bonds. The van der Waals surface area contributed by atoms with Crippen molar-refractivity contribution in [3.63, 3.8) is 0 Å². The number of nitrogens with zero attached hydrogens (tertiary/aromatic N) is 2. The van der Waals surface area contributed by atoms with Crippen LogP contribution < -0.4 is 5.32 Å². The molecule has 1 N–H and O–H groups in total. The third-order valence-corrected chi connectivity index (χ3v) is 6.26. The quantitative estimate of drug-likeness (QED) is 0.764. The average molecular weight is 426 g/mol. The number of nitrogens with one attached hydrogen (secondary N) is 1. The molecule has 158 valence electrons. The number of hydrogen-bond donors (Lipinski definition) is 1. The Morgan fingerprint density at radius 1 is 0.933 bits per heavy atom. The highest BCUT2D eigenvalue weighted by Crippen LogP contribution is 2.17. The minimum atomic E-state index is -0.0186. The maximum atomic E-state index is 12.6. The lowest BCUT2D eigenvalue weighted by atomic mass is 10.0. The van der Waals surface area contributed by atoms with E-state index in [0.717, 1.165) is 56.0 Å². The number of carbonyl (C=O) groups excluding carboxylic acids is 2. The minimum Gasteiger partial charge on any atom is -0.349 e. The Labute approximate surface area is 183 Å². The molecule has 2 aromatic rings. The fourth-order valence-electron chi connectivity index (χ4n) is 4.21. The lowest BCUT2D eigenvalue weighted by Gasteiger charge is -2.32. The monoisotopic (exact) mass is 425 g/mol. The second-order valence-corrected chi connectivity index (χ2v) is 8.70. The maximum absolute atomic E-state index is 12.6. The summed E-state index contributed by atoms with van der Waals surface area (Å²) in [6.07, 6.45) is 3.50. The van der Waals surface area contributed by atoms with E-state index < -0.39 is 0 Å². The standard InChI is InChI=1S/C24H28ClN3O2/c25-21-9-5-18(6-10-21)16-27-14-11-22(12-15-27)26-24(30)20-7-3-19(4-8-20)17-28-13-1-2-23(28)29/h3-10,22H,1-2,11-17H2,(H,26,30). The third-order valence-electron chi connectivity index (χ3n) is 6.00. The van der Waals surface area contributed by atoms with E-state index in [-0.39, 0.29) is 17.9 Å². The van der Waals surface area contributed by atoms with Crippen molar-refractivity contribution in [2.45, 2.75) is 44.8 Å². The summed E-state index contributed by atoms with van der Waals surface area (Å²) in [5, 5.41) is 3.94. The van der Waals surface area contributed by atoms with Gasteiger partial charge in [0, 0.05) is 55.8 Å². The second kappa shape index (κ2) is 9.63. The molecule has 0 aromatic heterocycles. The topological polar surface area (TPSA) is 52.7 Å². The van der Waals surface area contributed by atoms with Crippen molar-refractivity contribution in [2.75, 3.05) is 19.6 Å². The van der Waals surface area contributed by atoms with E-state index in [9.17, 15) is 9.59 Å². The lowest BCUT2D eigenvalue weighted by Crippen LogP contribution is -2.44.